The van der Waals surface area contributed by atoms with Crippen LogP contribution in [0.25, 0.3) is 0 Å². The van der Waals surface area contributed by atoms with Gasteiger partial charge < -0.3 is 4.74 Å². The van der Waals surface area contributed by atoms with Gasteiger partial charge in [0.15, 0.2) is 15.9 Å². The van der Waals surface area contributed by atoms with Crippen LogP contribution in [0.15, 0.2) is 29.2 Å². The number of nitriles is 1. The van der Waals surface area contributed by atoms with Crippen molar-refractivity contribution in [2.45, 2.75) is 17.9 Å². The number of sulfone groups is 1. The van der Waals surface area contributed by atoms with Gasteiger partial charge in [-0.2, -0.15) is 5.26 Å². The minimum atomic E-state index is -3.28. The molecule has 1 aromatic rings. The van der Waals surface area contributed by atoms with Gasteiger partial charge in [0.2, 0.25) is 0 Å². The minimum Gasteiger partial charge on any atom is -0.444 e. The van der Waals surface area contributed by atoms with E-state index in [1.54, 1.807) is 6.07 Å². The van der Waals surface area contributed by atoms with Crippen molar-refractivity contribution in [2.24, 2.45) is 0 Å². The Hall–Kier alpha value is -1.87. The second-order valence-electron chi connectivity index (χ2n) is 3.47. The molecule has 0 saturated carbocycles. The highest BCUT2D eigenvalue weighted by atomic mass is 32.2. The number of nitrogens with zero attached hydrogens (tertiary/aromatic N) is 1. The fraction of sp³-hybridized carbons (Fsp3) is 0.273. The summed E-state index contributed by atoms with van der Waals surface area (Å²) in [5.41, 5.74) is 0.208. The lowest BCUT2D eigenvalue weighted by Crippen LogP contribution is -2.13. The van der Waals surface area contributed by atoms with E-state index in [-0.39, 0.29) is 10.5 Å². The van der Waals surface area contributed by atoms with E-state index in [9.17, 15) is 13.2 Å². The Morgan fingerprint density at radius 2 is 1.88 bits per heavy atom. The molecule has 0 fully saturated rings. The lowest BCUT2D eigenvalue weighted by atomic mass is 10.2. The van der Waals surface area contributed by atoms with Crippen molar-refractivity contribution >= 4 is 15.8 Å². The Bertz CT molecular complexity index is 554. The number of rotatable bonds is 3. The molecule has 0 unspecified atom stereocenters. The molecule has 0 radical (unpaired) electrons. The zero-order valence-corrected chi connectivity index (χ0v) is 10.2. The van der Waals surface area contributed by atoms with Gasteiger partial charge in [-0.05, 0) is 31.2 Å². The minimum absolute atomic E-state index is 0.127. The maximum atomic E-state index is 11.5. The van der Waals surface area contributed by atoms with Crippen molar-refractivity contribution in [2.75, 3.05) is 6.26 Å². The Morgan fingerprint density at radius 1 is 1.35 bits per heavy atom. The molecule has 0 bridgehead atoms. The van der Waals surface area contributed by atoms with E-state index in [1.165, 1.54) is 31.2 Å². The molecule has 1 rings (SSSR count). The van der Waals surface area contributed by atoms with E-state index < -0.39 is 21.9 Å². The molecule has 1 atom stereocenters. The first-order valence-electron chi connectivity index (χ1n) is 4.75. The molecule has 0 N–H and O–H groups in total. The molecule has 90 valence electrons. The molecule has 0 aliphatic carbocycles. The van der Waals surface area contributed by atoms with Gasteiger partial charge in [-0.1, -0.05) is 0 Å². The molecular weight excluding hydrogens is 242 g/mol. The number of benzene rings is 1. The maximum absolute atomic E-state index is 11.5. The van der Waals surface area contributed by atoms with Gasteiger partial charge >= 0.3 is 5.97 Å². The molecular formula is C11H11NO4S. The van der Waals surface area contributed by atoms with Crippen molar-refractivity contribution < 1.29 is 17.9 Å². The molecule has 0 aliphatic heterocycles. The van der Waals surface area contributed by atoms with Crippen LogP contribution in [0.4, 0.5) is 0 Å². The van der Waals surface area contributed by atoms with Crippen molar-refractivity contribution in [3.05, 3.63) is 29.8 Å². The third-order valence-electron chi connectivity index (χ3n) is 1.98. The van der Waals surface area contributed by atoms with Crippen molar-refractivity contribution in [1.82, 2.24) is 0 Å². The largest absolute Gasteiger partial charge is 0.444 e. The number of carbonyl (C=O) groups is 1. The molecule has 1 aromatic carbocycles. The number of hydrogen-bond donors (Lipinski definition) is 0. The second-order valence-corrected chi connectivity index (χ2v) is 5.49. The molecule has 5 nitrogen and oxygen atoms in total. The third-order valence-corrected chi connectivity index (χ3v) is 3.11. The third kappa shape index (κ3) is 3.57. The lowest BCUT2D eigenvalue weighted by Gasteiger charge is -2.06. The molecule has 0 heterocycles. The molecule has 0 spiro atoms. The fourth-order valence-electron chi connectivity index (χ4n) is 1.09. The van der Waals surface area contributed by atoms with Crippen molar-refractivity contribution in [3.8, 4) is 6.07 Å². The summed E-state index contributed by atoms with van der Waals surface area (Å²) in [6, 6.07) is 7.11. The van der Waals surface area contributed by atoms with Gasteiger partial charge in [0.1, 0.15) is 6.07 Å². The van der Waals surface area contributed by atoms with Crippen LogP contribution in [0.5, 0.6) is 0 Å². The lowest BCUT2D eigenvalue weighted by molar-refractivity contribution is 0.0435. The number of esters is 1. The van der Waals surface area contributed by atoms with Crippen LogP contribution in [0.1, 0.15) is 17.3 Å². The Morgan fingerprint density at radius 3 is 2.29 bits per heavy atom. The van der Waals surface area contributed by atoms with Crippen LogP contribution >= 0.6 is 0 Å². The highest BCUT2D eigenvalue weighted by molar-refractivity contribution is 7.90. The second kappa shape index (κ2) is 4.97. The average Bonchev–Trinajstić information content (AvgIpc) is 2.27. The van der Waals surface area contributed by atoms with Gasteiger partial charge in [-0.3, -0.25) is 0 Å². The van der Waals surface area contributed by atoms with Crippen LogP contribution in [-0.4, -0.2) is 26.7 Å². The van der Waals surface area contributed by atoms with Crippen LogP contribution < -0.4 is 0 Å². The molecule has 0 aliphatic rings. The van der Waals surface area contributed by atoms with Crippen molar-refractivity contribution in [1.29, 1.82) is 5.26 Å². The molecule has 17 heavy (non-hydrogen) atoms. The summed E-state index contributed by atoms with van der Waals surface area (Å²) < 4.78 is 27.1. The number of hydrogen-bond acceptors (Lipinski definition) is 5. The van der Waals surface area contributed by atoms with Gasteiger partial charge in [-0.25, -0.2) is 13.2 Å². The summed E-state index contributed by atoms with van der Waals surface area (Å²) in [5, 5.41) is 8.47. The number of ether oxygens (including phenoxy) is 1. The topological polar surface area (TPSA) is 84.2 Å². The van der Waals surface area contributed by atoms with Gasteiger partial charge in [0.25, 0.3) is 0 Å². The summed E-state index contributed by atoms with van der Waals surface area (Å²) in [4.78, 5) is 11.6. The highest BCUT2D eigenvalue weighted by Gasteiger charge is 2.13. The van der Waals surface area contributed by atoms with Crippen LogP contribution in [0.2, 0.25) is 0 Å². The van der Waals surface area contributed by atoms with Gasteiger partial charge in [0, 0.05) is 6.26 Å². The van der Waals surface area contributed by atoms with E-state index in [2.05, 4.69) is 0 Å². The Kier molecular flexibility index (Phi) is 3.86. The van der Waals surface area contributed by atoms with E-state index in [0.717, 1.165) is 6.26 Å². The Balaban J connectivity index is 2.89. The fourth-order valence-corrected chi connectivity index (χ4v) is 1.72. The maximum Gasteiger partial charge on any atom is 0.339 e. The quantitative estimate of drug-likeness (QED) is 0.755. The standard InChI is InChI=1S/C11H11NO4S/c1-8(7-12)16-11(13)9-3-5-10(6-4-9)17(2,14)15/h3-6,8H,1-2H3/t8-/m1/s1. The van der Waals surface area contributed by atoms with E-state index >= 15 is 0 Å². The monoisotopic (exact) mass is 253 g/mol. The van der Waals surface area contributed by atoms with E-state index in [1.807, 2.05) is 0 Å². The van der Waals surface area contributed by atoms with E-state index in [0.29, 0.717) is 0 Å². The first kappa shape index (κ1) is 13.2. The first-order valence-corrected chi connectivity index (χ1v) is 6.64. The van der Waals surface area contributed by atoms with Crippen molar-refractivity contribution in [3.63, 3.8) is 0 Å². The summed E-state index contributed by atoms with van der Waals surface area (Å²) in [6.07, 6.45) is 0.245. The number of carbonyl (C=O) groups excluding carboxylic acids is 1. The predicted molar refractivity (Wildman–Crippen MR) is 60.0 cm³/mol. The zero-order chi connectivity index (χ0) is 13.1. The highest BCUT2D eigenvalue weighted by Crippen LogP contribution is 2.11. The first-order chi connectivity index (χ1) is 7.84. The summed E-state index contributed by atoms with van der Waals surface area (Å²) >= 11 is 0. The Labute approximate surface area is 99.5 Å². The van der Waals surface area contributed by atoms with Gasteiger partial charge in [-0.15, -0.1) is 0 Å². The van der Waals surface area contributed by atoms with Gasteiger partial charge in [0.05, 0.1) is 10.5 Å². The molecule has 0 saturated heterocycles. The zero-order valence-electron chi connectivity index (χ0n) is 9.38. The smallest absolute Gasteiger partial charge is 0.339 e. The molecule has 0 amide bonds. The van der Waals surface area contributed by atoms with E-state index in [4.69, 9.17) is 10.00 Å². The molecule has 0 aromatic heterocycles. The normalized spacial score (nSPS) is 12.5. The summed E-state index contributed by atoms with van der Waals surface area (Å²) in [7, 11) is -3.28. The predicted octanol–water partition coefficient (Wildman–Crippen LogP) is 1.16. The van der Waals surface area contributed by atoms with Crippen LogP contribution in [0.3, 0.4) is 0 Å². The van der Waals surface area contributed by atoms with Crippen LogP contribution in [0, 0.1) is 11.3 Å². The molecule has 6 heteroatoms. The summed E-state index contributed by atoms with van der Waals surface area (Å²) in [5.74, 6) is -0.654. The van der Waals surface area contributed by atoms with Crippen LogP contribution in [-0.2, 0) is 14.6 Å². The SMILES string of the molecule is C[C@H](C#N)OC(=O)c1ccc(S(C)(=O)=O)cc1. The average molecular weight is 253 g/mol. The summed E-state index contributed by atoms with van der Waals surface area (Å²) in [6.45, 7) is 1.45.